The van der Waals surface area contributed by atoms with Crippen LogP contribution in [0.25, 0.3) is 0 Å². The molecule has 0 fully saturated rings. The van der Waals surface area contributed by atoms with Gasteiger partial charge in [-0.25, -0.2) is 0 Å². The second kappa shape index (κ2) is 3.28. The molecule has 1 aromatic carbocycles. The van der Waals surface area contributed by atoms with Crippen LogP contribution in [0.3, 0.4) is 0 Å². The van der Waals surface area contributed by atoms with Crippen molar-refractivity contribution in [2.24, 2.45) is 0 Å². The van der Waals surface area contributed by atoms with Gasteiger partial charge in [-0.2, -0.15) is 0 Å². The highest BCUT2D eigenvalue weighted by molar-refractivity contribution is 5.60. The minimum absolute atomic E-state index is 0.102. The van der Waals surface area contributed by atoms with Gasteiger partial charge in [0.2, 0.25) is 0 Å². The molecule has 0 aliphatic carbocycles. The molecule has 1 N–H and O–H groups in total. The molecule has 1 aromatic rings. The molecule has 2 rings (SSSR count). The summed E-state index contributed by atoms with van der Waals surface area (Å²) in [6.45, 7) is 7.96. The van der Waals surface area contributed by atoms with E-state index in [9.17, 15) is 0 Å². The van der Waals surface area contributed by atoms with Crippen molar-refractivity contribution in [3.8, 4) is 0 Å². The number of fused-ring (bicyclic) bond motifs is 1. The van der Waals surface area contributed by atoms with Crippen LogP contribution in [-0.4, -0.2) is 13.3 Å². The van der Waals surface area contributed by atoms with Gasteiger partial charge in [-0.1, -0.05) is 32.0 Å². The van der Waals surface area contributed by atoms with Gasteiger partial charge in [0, 0.05) is 11.1 Å². The average Bonchev–Trinajstić information content (AvgIpc) is 2.27. The van der Waals surface area contributed by atoms with Crippen LogP contribution in [0.2, 0.25) is 0 Å². The smallest absolute Gasteiger partial charge is 0.116 e. The summed E-state index contributed by atoms with van der Waals surface area (Å²) in [5, 5.41) is 3.33. The summed E-state index contributed by atoms with van der Waals surface area (Å²) in [5.41, 5.74) is 4.00. The van der Waals surface area contributed by atoms with Gasteiger partial charge in [0.25, 0.3) is 0 Å². The van der Waals surface area contributed by atoms with E-state index in [1.807, 2.05) is 0 Å². The van der Waals surface area contributed by atoms with Crippen molar-refractivity contribution in [3.05, 3.63) is 29.3 Å². The highest BCUT2D eigenvalue weighted by atomic mass is 16.5. The molecule has 0 atom stereocenters. The Kier molecular flexibility index (Phi) is 2.23. The molecule has 0 spiro atoms. The van der Waals surface area contributed by atoms with Crippen LogP contribution in [0.15, 0.2) is 18.2 Å². The zero-order valence-corrected chi connectivity index (χ0v) is 9.05. The largest absolute Gasteiger partial charge is 0.362 e. The summed E-state index contributed by atoms with van der Waals surface area (Å²) in [4.78, 5) is 0. The van der Waals surface area contributed by atoms with E-state index in [1.54, 1.807) is 0 Å². The number of anilines is 1. The normalized spacial score (nSPS) is 19.4. The van der Waals surface area contributed by atoms with Gasteiger partial charge < -0.3 is 10.1 Å². The SMILES string of the molecule is Cc1cccc2c1NCOCC2(C)C. The Labute approximate surface area is 85.3 Å². The molecule has 1 aliphatic rings. The fraction of sp³-hybridized carbons (Fsp3) is 0.500. The van der Waals surface area contributed by atoms with Gasteiger partial charge in [-0.05, 0) is 18.1 Å². The Bertz CT molecular complexity index is 344. The van der Waals surface area contributed by atoms with Gasteiger partial charge in [0.1, 0.15) is 6.73 Å². The topological polar surface area (TPSA) is 21.3 Å². The van der Waals surface area contributed by atoms with Crippen molar-refractivity contribution in [1.82, 2.24) is 0 Å². The summed E-state index contributed by atoms with van der Waals surface area (Å²) in [6.07, 6.45) is 0. The average molecular weight is 191 g/mol. The minimum Gasteiger partial charge on any atom is -0.362 e. The van der Waals surface area contributed by atoms with Gasteiger partial charge in [-0.15, -0.1) is 0 Å². The first-order valence-electron chi connectivity index (χ1n) is 5.03. The maximum atomic E-state index is 5.54. The second-order valence-corrected chi connectivity index (χ2v) is 4.55. The van der Waals surface area contributed by atoms with Crippen molar-refractivity contribution >= 4 is 5.69 Å². The van der Waals surface area contributed by atoms with E-state index in [1.165, 1.54) is 16.8 Å². The van der Waals surface area contributed by atoms with Gasteiger partial charge in [0.05, 0.1) is 6.61 Å². The lowest BCUT2D eigenvalue weighted by Gasteiger charge is -2.24. The molecule has 1 heterocycles. The quantitative estimate of drug-likeness (QED) is 0.680. The van der Waals surface area contributed by atoms with E-state index in [0.29, 0.717) is 6.73 Å². The van der Waals surface area contributed by atoms with Crippen LogP contribution in [0.1, 0.15) is 25.0 Å². The zero-order chi connectivity index (χ0) is 10.2. The van der Waals surface area contributed by atoms with Crippen LogP contribution < -0.4 is 5.32 Å². The Morgan fingerprint density at radius 2 is 2.14 bits per heavy atom. The Morgan fingerprint density at radius 3 is 2.93 bits per heavy atom. The van der Waals surface area contributed by atoms with Crippen LogP contribution in [0.4, 0.5) is 5.69 Å². The number of ether oxygens (including phenoxy) is 1. The number of aryl methyl sites for hydroxylation is 1. The lowest BCUT2D eigenvalue weighted by atomic mass is 9.83. The lowest BCUT2D eigenvalue weighted by molar-refractivity contribution is 0.115. The molecule has 0 saturated heterocycles. The first-order valence-corrected chi connectivity index (χ1v) is 5.03. The monoisotopic (exact) mass is 191 g/mol. The highest BCUT2D eigenvalue weighted by Gasteiger charge is 2.26. The second-order valence-electron chi connectivity index (χ2n) is 4.55. The van der Waals surface area contributed by atoms with Crippen LogP contribution in [0.5, 0.6) is 0 Å². The molecule has 2 nitrogen and oxygen atoms in total. The fourth-order valence-electron chi connectivity index (χ4n) is 1.97. The molecule has 0 saturated carbocycles. The third kappa shape index (κ3) is 1.50. The van der Waals surface area contributed by atoms with E-state index in [0.717, 1.165) is 6.61 Å². The molecule has 0 unspecified atom stereocenters. The molecule has 76 valence electrons. The first-order chi connectivity index (χ1) is 6.61. The Balaban J connectivity index is 2.56. The van der Waals surface area contributed by atoms with Gasteiger partial charge in [-0.3, -0.25) is 0 Å². The molecule has 14 heavy (non-hydrogen) atoms. The Morgan fingerprint density at radius 1 is 1.36 bits per heavy atom. The van der Waals surface area contributed by atoms with Crippen molar-refractivity contribution in [3.63, 3.8) is 0 Å². The molecule has 1 aliphatic heterocycles. The number of para-hydroxylation sites is 1. The summed E-state index contributed by atoms with van der Waals surface area (Å²) in [7, 11) is 0. The number of nitrogens with one attached hydrogen (secondary N) is 1. The van der Waals surface area contributed by atoms with E-state index >= 15 is 0 Å². The van der Waals surface area contributed by atoms with Crippen LogP contribution in [-0.2, 0) is 10.2 Å². The van der Waals surface area contributed by atoms with Crippen LogP contribution in [0, 0.1) is 6.92 Å². The van der Waals surface area contributed by atoms with E-state index in [-0.39, 0.29) is 5.41 Å². The molecular formula is C12H17NO. The first kappa shape index (κ1) is 9.53. The molecule has 0 amide bonds. The van der Waals surface area contributed by atoms with Crippen molar-refractivity contribution in [1.29, 1.82) is 0 Å². The molecular weight excluding hydrogens is 174 g/mol. The van der Waals surface area contributed by atoms with Gasteiger partial charge in [0.15, 0.2) is 0 Å². The predicted octanol–water partition coefficient (Wildman–Crippen LogP) is 2.67. The molecule has 0 bridgehead atoms. The van der Waals surface area contributed by atoms with Crippen LogP contribution >= 0.6 is 0 Å². The maximum absolute atomic E-state index is 5.54. The Hall–Kier alpha value is -1.02. The zero-order valence-electron chi connectivity index (χ0n) is 9.05. The third-order valence-electron chi connectivity index (χ3n) is 2.82. The number of hydrogen-bond donors (Lipinski definition) is 1. The van der Waals surface area contributed by atoms with Crippen molar-refractivity contribution in [2.45, 2.75) is 26.2 Å². The standard InChI is InChI=1S/C12H17NO/c1-9-5-4-6-10-11(9)13-8-14-7-12(10,2)3/h4-6,13H,7-8H2,1-3H3. The summed E-state index contributed by atoms with van der Waals surface area (Å²) in [5.74, 6) is 0. The van der Waals surface area contributed by atoms with Crippen molar-refractivity contribution in [2.75, 3.05) is 18.7 Å². The number of rotatable bonds is 0. The highest BCUT2D eigenvalue weighted by Crippen LogP contribution is 2.34. The lowest BCUT2D eigenvalue weighted by Crippen LogP contribution is -2.22. The number of hydrogen-bond acceptors (Lipinski definition) is 2. The minimum atomic E-state index is 0.102. The maximum Gasteiger partial charge on any atom is 0.116 e. The molecule has 0 radical (unpaired) electrons. The van der Waals surface area contributed by atoms with E-state index in [4.69, 9.17) is 4.74 Å². The van der Waals surface area contributed by atoms with E-state index in [2.05, 4.69) is 44.3 Å². The summed E-state index contributed by atoms with van der Waals surface area (Å²) >= 11 is 0. The third-order valence-corrected chi connectivity index (χ3v) is 2.82. The molecule has 2 heteroatoms. The van der Waals surface area contributed by atoms with Gasteiger partial charge >= 0.3 is 0 Å². The predicted molar refractivity (Wildman–Crippen MR) is 58.6 cm³/mol. The van der Waals surface area contributed by atoms with E-state index < -0.39 is 0 Å². The summed E-state index contributed by atoms with van der Waals surface area (Å²) in [6, 6.07) is 6.43. The number of benzene rings is 1. The summed E-state index contributed by atoms with van der Waals surface area (Å²) < 4.78 is 5.54. The fourth-order valence-corrected chi connectivity index (χ4v) is 1.97. The molecule has 0 aromatic heterocycles. The van der Waals surface area contributed by atoms with Crippen molar-refractivity contribution < 1.29 is 4.74 Å².